The number of hydrogen-bond acceptors (Lipinski definition) is 2. The molecule has 96 valence electrons. The van der Waals surface area contributed by atoms with E-state index in [1.54, 1.807) is 0 Å². The van der Waals surface area contributed by atoms with Crippen LogP contribution in [0.25, 0.3) is 0 Å². The van der Waals surface area contributed by atoms with Crippen LogP contribution in [-0.4, -0.2) is 37.1 Å². The van der Waals surface area contributed by atoms with Gasteiger partial charge in [0.25, 0.3) is 0 Å². The second kappa shape index (κ2) is 7.29. The Bertz CT molecular complexity index is 180. The minimum absolute atomic E-state index is 0.693. The van der Waals surface area contributed by atoms with Crippen molar-refractivity contribution in [3.05, 3.63) is 0 Å². The van der Waals surface area contributed by atoms with Gasteiger partial charge in [0, 0.05) is 12.6 Å². The van der Waals surface area contributed by atoms with E-state index in [0.29, 0.717) is 6.04 Å². The van der Waals surface area contributed by atoms with Gasteiger partial charge in [-0.15, -0.1) is 0 Å². The highest BCUT2D eigenvalue weighted by atomic mass is 15.1. The molecule has 2 atom stereocenters. The van der Waals surface area contributed by atoms with E-state index >= 15 is 0 Å². The zero-order valence-electron chi connectivity index (χ0n) is 11.6. The summed E-state index contributed by atoms with van der Waals surface area (Å²) in [6.45, 7) is 14.3. The first kappa shape index (κ1) is 14.0. The molecule has 0 aliphatic carbocycles. The monoisotopic (exact) mass is 226 g/mol. The van der Waals surface area contributed by atoms with Gasteiger partial charge >= 0.3 is 0 Å². The van der Waals surface area contributed by atoms with Crippen LogP contribution in [0.15, 0.2) is 0 Å². The summed E-state index contributed by atoms with van der Waals surface area (Å²) in [4.78, 5) is 2.56. The number of nitrogens with one attached hydrogen (secondary N) is 1. The highest BCUT2D eigenvalue weighted by Gasteiger charge is 2.20. The van der Waals surface area contributed by atoms with Gasteiger partial charge in [0.05, 0.1) is 0 Å². The summed E-state index contributed by atoms with van der Waals surface area (Å²) in [5.74, 6) is 1.73. The summed E-state index contributed by atoms with van der Waals surface area (Å²) < 4.78 is 0. The lowest BCUT2D eigenvalue weighted by Crippen LogP contribution is -2.32. The topological polar surface area (TPSA) is 15.3 Å². The van der Waals surface area contributed by atoms with Crippen molar-refractivity contribution in [3.63, 3.8) is 0 Å². The molecule has 0 aromatic carbocycles. The maximum atomic E-state index is 3.70. The number of likely N-dealkylation sites (tertiary alicyclic amines) is 1. The molecule has 1 fully saturated rings. The summed E-state index contributed by atoms with van der Waals surface area (Å²) in [5, 5.41) is 3.70. The zero-order chi connectivity index (χ0) is 12.0. The van der Waals surface area contributed by atoms with Gasteiger partial charge in [0.15, 0.2) is 0 Å². The molecule has 0 radical (unpaired) electrons. The minimum Gasteiger partial charge on any atom is -0.314 e. The van der Waals surface area contributed by atoms with E-state index in [4.69, 9.17) is 0 Å². The lowest BCUT2D eigenvalue weighted by atomic mass is 10.0. The van der Waals surface area contributed by atoms with Crippen LogP contribution in [0.1, 0.15) is 47.0 Å². The first-order chi connectivity index (χ1) is 7.61. The molecule has 0 bridgehead atoms. The van der Waals surface area contributed by atoms with Gasteiger partial charge in [-0.3, -0.25) is 0 Å². The standard InChI is InChI=1S/C14H30N2/c1-5-16-9-8-14(11-16)10-15-13(4)7-6-12(2)3/h12-15H,5-11H2,1-4H3. The molecular formula is C14H30N2. The molecule has 1 aliphatic heterocycles. The highest BCUT2D eigenvalue weighted by Crippen LogP contribution is 2.15. The second-order valence-electron chi connectivity index (χ2n) is 5.83. The molecule has 2 unspecified atom stereocenters. The third-order valence-corrected chi connectivity index (χ3v) is 3.75. The molecule has 16 heavy (non-hydrogen) atoms. The molecule has 0 aromatic heterocycles. The van der Waals surface area contributed by atoms with Crippen LogP contribution in [0, 0.1) is 11.8 Å². The first-order valence-electron chi connectivity index (χ1n) is 7.07. The van der Waals surface area contributed by atoms with Crippen molar-refractivity contribution in [2.45, 2.75) is 53.0 Å². The molecule has 0 saturated carbocycles. The lowest BCUT2D eigenvalue weighted by Gasteiger charge is -2.18. The Morgan fingerprint density at radius 2 is 2.00 bits per heavy atom. The fourth-order valence-electron chi connectivity index (χ4n) is 2.42. The molecular weight excluding hydrogens is 196 g/mol. The summed E-state index contributed by atoms with van der Waals surface area (Å²) >= 11 is 0. The van der Waals surface area contributed by atoms with Crippen LogP contribution in [0.5, 0.6) is 0 Å². The third kappa shape index (κ3) is 5.31. The minimum atomic E-state index is 0.693. The Balaban J connectivity index is 2.06. The second-order valence-corrected chi connectivity index (χ2v) is 5.83. The van der Waals surface area contributed by atoms with Crippen molar-refractivity contribution in [2.24, 2.45) is 11.8 Å². The average Bonchev–Trinajstić information content (AvgIpc) is 2.71. The predicted octanol–water partition coefficient (Wildman–Crippen LogP) is 2.74. The number of hydrogen-bond donors (Lipinski definition) is 1. The largest absolute Gasteiger partial charge is 0.314 e. The van der Waals surface area contributed by atoms with Crippen molar-refractivity contribution in [2.75, 3.05) is 26.2 Å². The van der Waals surface area contributed by atoms with Crippen LogP contribution in [0.4, 0.5) is 0 Å². The molecule has 1 N–H and O–H groups in total. The summed E-state index contributed by atoms with van der Waals surface area (Å²) in [7, 11) is 0. The molecule has 0 spiro atoms. The lowest BCUT2D eigenvalue weighted by molar-refractivity contribution is 0.333. The Kier molecular flexibility index (Phi) is 6.37. The Morgan fingerprint density at radius 3 is 2.56 bits per heavy atom. The fraction of sp³-hybridized carbons (Fsp3) is 1.00. The van der Waals surface area contributed by atoms with E-state index in [9.17, 15) is 0 Å². The molecule has 0 aromatic rings. The van der Waals surface area contributed by atoms with Crippen molar-refractivity contribution in [1.82, 2.24) is 10.2 Å². The summed E-state index contributed by atoms with van der Waals surface area (Å²) in [6, 6.07) is 0.693. The van der Waals surface area contributed by atoms with E-state index in [1.165, 1.54) is 45.4 Å². The van der Waals surface area contributed by atoms with Gasteiger partial charge in [-0.2, -0.15) is 0 Å². The van der Waals surface area contributed by atoms with Gasteiger partial charge in [0.2, 0.25) is 0 Å². The van der Waals surface area contributed by atoms with Crippen LogP contribution in [0.2, 0.25) is 0 Å². The number of nitrogens with zero attached hydrogens (tertiary/aromatic N) is 1. The quantitative estimate of drug-likeness (QED) is 0.718. The van der Waals surface area contributed by atoms with Gasteiger partial charge in [-0.25, -0.2) is 0 Å². The van der Waals surface area contributed by atoms with Crippen LogP contribution in [-0.2, 0) is 0 Å². The molecule has 1 heterocycles. The predicted molar refractivity (Wildman–Crippen MR) is 71.8 cm³/mol. The zero-order valence-corrected chi connectivity index (χ0v) is 11.6. The Hall–Kier alpha value is -0.0800. The normalized spacial score (nSPS) is 24.2. The van der Waals surface area contributed by atoms with E-state index in [1.807, 2.05) is 0 Å². The van der Waals surface area contributed by atoms with E-state index in [2.05, 4.69) is 37.9 Å². The van der Waals surface area contributed by atoms with Gasteiger partial charge in [-0.1, -0.05) is 20.8 Å². The molecule has 2 heteroatoms. The average molecular weight is 226 g/mol. The molecule has 1 rings (SSSR count). The van der Waals surface area contributed by atoms with Crippen LogP contribution in [0.3, 0.4) is 0 Å². The summed E-state index contributed by atoms with van der Waals surface area (Å²) in [6.07, 6.45) is 4.06. The third-order valence-electron chi connectivity index (χ3n) is 3.75. The maximum absolute atomic E-state index is 3.70. The maximum Gasteiger partial charge on any atom is 0.00389 e. The highest BCUT2D eigenvalue weighted by molar-refractivity contribution is 4.77. The van der Waals surface area contributed by atoms with Crippen LogP contribution >= 0.6 is 0 Å². The van der Waals surface area contributed by atoms with Crippen LogP contribution < -0.4 is 5.32 Å². The fourth-order valence-corrected chi connectivity index (χ4v) is 2.42. The summed E-state index contributed by atoms with van der Waals surface area (Å²) in [5.41, 5.74) is 0. The SMILES string of the molecule is CCN1CCC(CNC(C)CCC(C)C)C1. The smallest absolute Gasteiger partial charge is 0.00389 e. The van der Waals surface area contributed by atoms with Crippen molar-refractivity contribution in [3.8, 4) is 0 Å². The van der Waals surface area contributed by atoms with E-state index in [0.717, 1.165) is 11.8 Å². The van der Waals surface area contributed by atoms with Crippen molar-refractivity contribution >= 4 is 0 Å². The van der Waals surface area contributed by atoms with E-state index < -0.39 is 0 Å². The molecule has 2 nitrogen and oxygen atoms in total. The molecule has 1 saturated heterocycles. The van der Waals surface area contributed by atoms with Gasteiger partial charge in [0.1, 0.15) is 0 Å². The van der Waals surface area contributed by atoms with Crippen molar-refractivity contribution in [1.29, 1.82) is 0 Å². The molecule has 1 aliphatic rings. The number of rotatable bonds is 7. The van der Waals surface area contributed by atoms with Gasteiger partial charge in [-0.05, 0) is 57.7 Å². The Labute approximate surface area is 102 Å². The van der Waals surface area contributed by atoms with Crippen molar-refractivity contribution < 1.29 is 0 Å². The molecule has 0 amide bonds. The Morgan fingerprint density at radius 1 is 1.25 bits per heavy atom. The first-order valence-corrected chi connectivity index (χ1v) is 7.07. The van der Waals surface area contributed by atoms with Gasteiger partial charge < -0.3 is 10.2 Å². The van der Waals surface area contributed by atoms with E-state index in [-0.39, 0.29) is 0 Å².